The van der Waals surface area contributed by atoms with Crippen molar-refractivity contribution < 1.29 is 32.6 Å². The lowest BCUT2D eigenvalue weighted by Gasteiger charge is -2.38. The van der Waals surface area contributed by atoms with Gasteiger partial charge in [0.25, 0.3) is 5.91 Å². The van der Waals surface area contributed by atoms with Gasteiger partial charge in [-0.15, -0.1) is 0 Å². The van der Waals surface area contributed by atoms with Gasteiger partial charge in [0.1, 0.15) is 6.10 Å². The van der Waals surface area contributed by atoms with Crippen LogP contribution in [0.1, 0.15) is 35.3 Å². The van der Waals surface area contributed by atoms with E-state index < -0.39 is 29.9 Å². The topological polar surface area (TPSA) is 107 Å². The summed E-state index contributed by atoms with van der Waals surface area (Å²) in [6, 6.07) is 11.5. The number of benzene rings is 2. The van der Waals surface area contributed by atoms with Gasteiger partial charge in [-0.05, 0) is 68.1 Å². The summed E-state index contributed by atoms with van der Waals surface area (Å²) in [5.74, 6) is -0.326. The van der Waals surface area contributed by atoms with Crippen molar-refractivity contribution in [1.82, 2.24) is 14.8 Å². The number of hydrogen-bond acceptors (Lipinski definition) is 6. The monoisotopic (exact) mass is 585 g/mol. The maximum atomic E-state index is 13.6. The van der Waals surface area contributed by atoms with Crippen molar-refractivity contribution in [3.05, 3.63) is 83.7 Å². The van der Waals surface area contributed by atoms with E-state index in [4.69, 9.17) is 4.74 Å². The minimum Gasteiger partial charge on any atom is -0.486 e. The molecule has 2 aromatic carbocycles. The maximum absolute atomic E-state index is 13.6. The number of para-hydroxylation sites is 1. The van der Waals surface area contributed by atoms with Crippen LogP contribution < -0.4 is 15.4 Å². The molecule has 1 aliphatic rings. The molecule has 0 saturated carbocycles. The van der Waals surface area contributed by atoms with Gasteiger partial charge in [-0.3, -0.25) is 14.7 Å². The van der Waals surface area contributed by atoms with Crippen LogP contribution in [0.15, 0.2) is 67.0 Å². The molecule has 3 N–H and O–H groups in total. The molecule has 4 rings (SSSR count). The minimum absolute atomic E-state index is 0.148. The molecule has 0 fully saturated rings. The van der Waals surface area contributed by atoms with E-state index in [2.05, 4.69) is 20.5 Å². The molecule has 3 amide bonds. The zero-order chi connectivity index (χ0) is 30.4. The van der Waals surface area contributed by atoms with Gasteiger partial charge in [0.2, 0.25) is 0 Å². The number of rotatable bonds is 8. The number of aliphatic hydroxyl groups is 1. The number of alkyl halides is 3. The fraction of sp³-hybridized carbons (Fsp3) is 0.367. The van der Waals surface area contributed by atoms with Crippen molar-refractivity contribution in [1.29, 1.82) is 0 Å². The van der Waals surface area contributed by atoms with Gasteiger partial charge in [-0.1, -0.05) is 13.0 Å². The van der Waals surface area contributed by atoms with Crippen LogP contribution in [0.2, 0.25) is 0 Å². The van der Waals surface area contributed by atoms with Crippen LogP contribution in [0, 0.1) is 5.92 Å². The largest absolute Gasteiger partial charge is 0.486 e. The zero-order valence-electron chi connectivity index (χ0n) is 23.6. The standard InChI is InChI=1S/C30H34F3N5O4/c1-19-15-38(20(2)18-39)28(40)24-5-4-6-25(36-29(41)35-23-9-7-22(8-10-23)30(31,32)33)27(24)42-26(19)17-37(3)16-21-11-13-34-14-12-21/h4-14,19-20,26,39H,15-18H2,1-3H3,(H2,35,36,41)/t19-,20-,26+/m1/s1. The Hall–Kier alpha value is -4.16. The zero-order valence-corrected chi connectivity index (χ0v) is 23.6. The number of aliphatic hydroxyl groups excluding tert-OH is 1. The fourth-order valence-corrected chi connectivity index (χ4v) is 4.76. The van der Waals surface area contributed by atoms with Crippen LogP contribution in [0.25, 0.3) is 0 Å². The van der Waals surface area contributed by atoms with Crippen molar-refractivity contribution in [2.45, 2.75) is 38.7 Å². The van der Waals surface area contributed by atoms with Gasteiger partial charge in [0.05, 0.1) is 29.5 Å². The van der Waals surface area contributed by atoms with E-state index in [0.29, 0.717) is 19.6 Å². The number of ether oxygens (including phenoxy) is 1. The molecule has 1 aliphatic heterocycles. The van der Waals surface area contributed by atoms with Crippen LogP contribution in [-0.2, 0) is 12.7 Å². The lowest BCUT2D eigenvalue weighted by Crippen LogP contribution is -2.49. The lowest BCUT2D eigenvalue weighted by molar-refractivity contribution is -0.137. The molecule has 224 valence electrons. The number of nitrogens with zero attached hydrogens (tertiary/aromatic N) is 3. The summed E-state index contributed by atoms with van der Waals surface area (Å²) in [4.78, 5) is 34.3. The molecular formula is C30H34F3N5O4. The fourth-order valence-electron chi connectivity index (χ4n) is 4.76. The molecule has 3 aromatic rings. The normalized spacial score (nSPS) is 18.0. The Bertz CT molecular complexity index is 1370. The van der Waals surface area contributed by atoms with Crippen LogP contribution >= 0.6 is 0 Å². The molecule has 12 heteroatoms. The number of amides is 3. The number of urea groups is 1. The summed E-state index contributed by atoms with van der Waals surface area (Å²) < 4.78 is 45.2. The Morgan fingerprint density at radius 1 is 1.14 bits per heavy atom. The Kier molecular flexibility index (Phi) is 9.69. The Balaban J connectivity index is 1.60. The average Bonchev–Trinajstić information content (AvgIpc) is 2.95. The molecule has 0 bridgehead atoms. The molecule has 2 heterocycles. The Morgan fingerprint density at radius 2 is 1.83 bits per heavy atom. The number of carbonyl (C=O) groups excluding carboxylic acids is 2. The van der Waals surface area contributed by atoms with Gasteiger partial charge in [0, 0.05) is 43.6 Å². The summed E-state index contributed by atoms with van der Waals surface area (Å²) in [6.07, 6.45) is -1.45. The quantitative estimate of drug-likeness (QED) is 0.340. The summed E-state index contributed by atoms with van der Waals surface area (Å²) in [5.41, 5.74) is 0.831. The second-order valence-electron chi connectivity index (χ2n) is 10.5. The van der Waals surface area contributed by atoms with E-state index in [1.807, 2.05) is 26.1 Å². The smallest absolute Gasteiger partial charge is 0.416 e. The van der Waals surface area contributed by atoms with Gasteiger partial charge in [-0.25, -0.2) is 4.79 Å². The Labute approximate surface area is 242 Å². The van der Waals surface area contributed by atoms with E-state index in [1.54, 1.807) is 42.4 Å². The van der Waals surface area contributed by atoms with Crippen LogP contribution in [-0.4, -0.2) is 70.7 Å². The number of anilines is 2. The molecule has 0 saturated heterocycles. The second kappa shape index (κ2) is 13.2. The molecule has 3 atom stereocenters. The number of halogens is 3. The number of carbonyl (C=O) groups is 2. The van der Waals surface area contributed by atoms with Gasteiger partial charge in [0.15, 0.2) is 5.75 Å². The highest BCUT2D eigenvalue weighted by Gasteiger charge is 2.35. The third-order valence-electron chi connectivity index (χ3n) is 7.10. The number of fused-ring (bicyclic) bond motifs is 1. The van der Waals surface area contributed by atoms with E-state index in [0.717, 1.165) is 29.8 Å². The van der Waals surface area contributed by atoms with Crippen molar-refractivity contribution >= 4 is 23.3 Å². The minimum atomic E-state index is -4.49. The highest BCUT2D eigenvalue weighted by atomic mass is 19.4. The number of pyridine rings is 1. The van der Waals surface area contributed by atoms with Crippen molar-refractivity contribution in [3.8, 4) is 5.75 Å². The third kappa shape index (κ3) is 7.56. The van der Waals surface area contributed by atoms with Crippen LogP contribution in [0.4, 0.5) is 29.3 Å². The molecular weight excluding hydrogens is 551 g/mol. The van der Waals surface area contributed by atoms with Gasteiger partial charge in [-0.2, -0.15) is 13.2 Å². The lowest BCUT2D eigenvalue weighted by atomic mass is 9.99. The molecule has 0 unspecified atom stereocenters. The molecule has 0 aliphatic carbocycles. The van der Waals surface area contributed by atoms with E-state index in [1.165, 1.54) is 0 Å². The molecule has 0 spiro atoms. The van der Waals surface area contributed by atoms with E-state index >= 15 is 0 Å². The van der Waals surface area contributed by atoms with Gasteiger partial charge >= 0.3 is 12.2 Å². The number of nitrogens with one attached hydrogen (secondary N) is 2. The second-order valence-corrected chi connectivity index (χ2v) is 10.5. The SMILES string of the molecule is C[C@@H]1CN([C@H](C)CO)C(=O)c2cccc(NC(=O)Nc3ccc(C(F)(F)F)cc3)c2O[C@H]1CN(C)Cc1ccncc1. The summed E-state index contributed by atoms with van der Waals surface area (Å²) in [5, 5.41) is 15.1. The van der Waals surface area contributed by atoms with Gasteiger partial charge < -0.3 is 25.4 Å². The molecule has 9 nitrogen and oxygen atoms in total. The molecule has 42 heavy (non-hydrogen) atoms. The summed E-state index contributed by atoms with van der Waals surface area (Å²) >= 11 is 0. The molecule has 0 radical (unpaired) electrons. The Morgan fingerprint density at radius 3 is 2.48 bits per heavy atom. The first-order valence-electron chi connectivity index (χ1n) is 13.5. The van der Waals surface area contributed by atoms with Crippen molar-refractivity contribution in [2.24, 2.45) is 5.92 Å². The third-order valence-corrected chi connectivity index (χ3v) is 7.10. The van der Waals surface area contributed by atoms with E-state index in [-0.39, 0.29) is 41.1 Å². The highest BCUT2D eigenvalue weighted by molar-refractivity contribution is 6.04. The first-order chi connectivity index (χ1) is 20.0. The highest BCUT2D eigenvalue weighted by Crippen LogP contribution is 2.35. The van der Waals surface area contributed by atoms with Crippen molar-refractivity contribution in [2.75, 3.05) is 37.4 Å². The van der Waals surface area contributed by atoms with Crippen molar-refractivity contribution in [3.63, 3.8) is 0 Å². The average molecular weight is 586 g/mol. The summed E-state index contributed by atoms with van der Waals surface area (Å²) in [7, 11) is 1.96. The predicted molar refractivity (Wildman–Crippen MR) is 152 cm³/mol. The predicted octanol–water partition coefficient (Wildman–Crippen LogP) is 5.10. The summed E-state index contributed by atoms with van der Waals surface area (Å²) in [6.45, 7) is 4.97. The van der Waals surface area contributed by atoms with Crippen LogP contribution in [0.5, 0.6) is 5.75 Å². The number of hydrogen-bond donors (Lipinski definition) is 3. The first-order valence-corrected chi connectivity index (χ1v) is 13.5. The van der Waals surface area contributed by atoms with E-state index in [9.17, 15) is 27.9 Å². The maximum Gasteiger partial charge on any atom is 0.416 e. The number of likely N-dealkylation sites (N-methyl/N-ethyl adjacent to an activating group) is 1. The number of aromatic nitrogens is 1. The van der Waals surface area contributed by atoms with Crippen LogP contribution in [0.3, 0.4) is 0 Å². The first kappa shape index (κ1) is 30.8. The molecule has 1 aromatic heterocycles.